The molecule has 50 heavy (non-hydrogen) atoms. The van der Waals surface area contributed by atoms with Crippen LogP contribution in [-0.4, -0.2) is 69.0 Å². The molecule has 13 heteroatoms. The normalized spacial score (nSPS) is 16.4. The van der Waals surface area contributed by atoms with Crippen molar-refractivity contribution in [2.75, 3.05) is 26.7 Å². The molecule has 3 aromatic heterocycles. The van der Waals surface area contributed by atoms with Crippen LogP contribution in [0.5, 0.6) is 5.88 Å². The Kier molecular flexibility index (Phi) is 9.56. The average Bonchev–Trinajstić information content (AvgIpc) is 3.51. The number of nitrogens with zero attached hydrogens (tertiary/aromatic N) is 4. The van der Waals surface area contributed by atoms with Crippen LogP contribution >= 0.6 is 23.2 Å². The standard InChI is InChI=1S/C37H34Cl2N6O5/c1-50-36-22(16-40-17-24-9-11-32(46)42-24)8-10-30(43-36)29-7-3-6-28(35(29)39)27-5-2-4-26(34(27)38)21-12-13-45-31(14-21)41-25(15-33(45)47)20-44-18-23(19-44)37(48)49/h2-8,10,12-15,23-24,40H,9,11,16-20H2,1H3,(H,42,46)(H,48,49)/t24-/m0/s1. The van der Waals surface area contributed by atoms with E-state index >= 15 is 0 Å². The molecule has 2 aliphatic heterocycles. The molecule has 1 amide bonds. The molecule has 2 saturated heterocycles. The largest absolute Gasteiger partial charge is 0.481 e. The Morgan fingerprint density at radius 3 is 2.40 bits per heavy atom. The van der Waals surface area contributed by atoms with Gasteiger partial charge < -0.3 is 20.5 Å². The molecule has 11 nitrogen and oxygen atoms in total. The van der Waals surface area contributed by atoms with Crippen molar-refractivity contribution >= 4 is 40.7 Å². The molecule has 7 rings (SSSR count). The predicted molar refractivity (Wildman–Crippen MR) is 191 cm³/mol. The first-order chi connectivity index (χ1) is 24.2. The number of carbonyl (C=O) groups is 2. The summed E-state index contributed by atoms with van der Waals surface area (Å²) >= 11 is 14.2. The van der Waals surface area contributed by atoms with E-state index in [-0.39, 0.29) is 17.5 Å². The smallest absolute Gasteiger partial charge is 0.309 e. The summed E-state index contributed by atoms with van der Waals surface area (Å²) < 4.78 is 7.11. The number of amides is 1. The van der Waals surface area contributed by atoms with Crippen LogP contribution in [0.15, 0.2) is 77.7 Å². The van der Waals surface area contributed by atoms with Gasteiger partial charge in [-0.25, -0.2) is 9.97 Å². The number of ether oxygens (including phenoxy) is 1. The van der Waals surface area contributed by atoms with Gasteiger partial charge in [-0.05, 0) is 30.2 Å². The number of rotatable bonds is 11. The average molecular weight is 714 g/mol. The number of halogens is 2. The monoisotopic (exact) mass is 712 g/mol. The van der Waals surface area contributed by atoms with Crippen LogP contribution in [0.25, 0.3) is 39.2 Å². The lowest BCUT2D eigenvalue weighted by atomic mass is 9.97. The zero-order valence-corrected chi connectivity index (χ0v) is 28.7. The Hall–Kier alpha value is -4.81. The van der Waals surface area contributed by atoms with Crippen LogP contribution in [0, 0.1) is 5.92 Å². The second-order valence-corrected chi connectivity index (χ2v) is 13.3. The third-order valence-corrected chi connectivity index (χ3v) is 10.0. The fourth-order valence-electron chi connectivity index (χ4n) is 6.53. The minimum Gasteiger partial charge on any atom is -0.481 e. The van der Waals surface area contributed by atoms with E-state index in [0.717, 1.165) is 39.8 Å². The van der Waals surface area contributed by atoms with Crippen molar-refractivity contribution in [2.45, 2.75) is 32.0 Å². The van der Waals surface area contributed by atoms with E-state index in [1.54, 1.807) is 13.3 Å². The summed E-state index contributed by atoms with van der Waals surface area (Å²) in [5.74, 6) is -0.635. The van der Waals surface area contributed by atoms with Gasteiger partial charge >= 0.3 is 5.97 Å². The van der Waals surface area contributed by atoms with Crippen molar-refractivity contribution in [3.8, 4) is 39.4 Å². The number of methoxy groups -OCH3 is 1. The van der Waals surface area contributed by atoms with Gasteiger partial charge in [0.15, 0.2) is 0 Å². The molecule has 256 valence electrons. The Balaban J connectivity index is 1.14. The first kappa shape index (κ1) is 33.7. The number of carbonyl (C=O) groups excluding carboxylic acids is 1. The minimum absolute atomic E-state index is 0.0870. The topological polar surface area (TPSA) is 138 Å². The molecule has 0 radical (unpaired) electrons. The van der Waals surface area contributed by atoms with Gasteiger partial charge in [0.25, 0.3) is 5.56 Å². The van der Waals surface area contributed by atoms with Crippen LogP contribution in [0.4, 0.5) is 0 Å². The first-order valence-corrected chi connectivity index (χ1v) is 17.0. The van der Waals surface area contributed by atoms with Crippen molar-refractivity contribution in [1.82, 2.24) is 29.9 Å². The number of nitrogens with one attached hydrogen (secondary N) is 2. The van der Waals surface area contributed by atoms with Gasteiger partial charge in [0.1, 0.15) is 5.65 Å². The number of pyridine rings is 2. The molecular formula is C37H34Cl2N6O5. The highest BCUT2D eigenvalue weighted by atomic mass is 35.5. The summed E-state index contributed by atoms with van der Waals surface area (Å²) in [5.41, 5.74) is 6.04. The van der Waals surface area contributed by atoms with Gasteiger partial charge in [-0.15, -0.1) is 0 Å². The molecule has 5 heterocycles. The van der Waals surface area contributed by atoms with E-state index in [1.807, 2.05) is 65.6 Å². The number of aromatic nitrogens is 3. The molecular weight excluding hydrogens is 679 g/mol. The van der Waals surface area contributed by atoms with Crippen molar-refractivity contribution in [3.05, 3.63) is 105 Å². The number of carboxylic acid groups (broad SMARTS) is 1. The summed E-state index contributed by atoms with van der Waals surface area (Å²) in [4.78, 5) is 47.1. The molecule has 2 aliphatic rings. The minimum atomic E-state index is -0.812. The van der Waals surface area contributed by atoms with Gasteiger partial charge in [0, 0.05) is 85.3 Å². The maximum Gasteiger partial charge on any atom is 0.309 e. The molecule has 0 unspecified atom stereocenters. The molecule has 0 bridgehead atoms. The van der Waals surface area contributed by atoms with Crippen molar-refractivity contribution in [1.29, 1.82) is 0 Å². The lowest BCUT2D eigenvalue weighted by Gasteiger charge is -2.36. The summed E-state index contributed by atoms with van der Waals surface area (Å²) in [7, 11) is 1.58. The highest BCUT2D eigenvalue weighted by Crippen LogP contribution is 2.42. The van der Waals surface area contributed by atoms with Crippen LogP contribution in [0.1, 0.15) is 24.1 Å². The van der Waals surface area contributed by atoms with Crippen molar-refractivity contribution < 1.29 is 19.4 Å². The Morgan fingerprint density at radius 1 is 0.980 bits per heavy atom. The highest BCUT2D eigenvalue weighted by Gasteiger charge is 2.32. The van der Waals surface area contributed by atoms with Gasteiger partial charge in [0.05, 0.1) is 34.5 Å². The summed E-state index contributed by atoms with van der Waals surface area (Å²) in [5, 5.41) is 16.5. The van der Waals surface area contributed by atoms with Crippen molar-refractivity contribution in [2.24, 2.45) is 5.92 Å². The Labute approximate surface area is 297 Å². The number of fused-ring (bicyclic) bond motifs is 1. The molecule has 0 aliphatic carbocycles. The number of likely N-dealkylation sites (tertiary alicyclic amines) is 1. The molecule has 0 spiro atoms. The number of hydrogen-bond acceptors (Lipinski definition) is 8. The summed E-state index contributed by atoms with van der Waals surface area (Å²) in [6, 6.07) is 20.6. The molecule has 0 saturated carbocycles. The maximum absolute atomic E-state index is 12.9. The second kappa shape index (κ2) is 14.2. The zero-order chi connectivity index (χ0) is 34.9. The molecule has 5 aromatic rings. The fourth-order valence-corrected chi connectivity index (χ4v) is 7.19. The Bertz CT molecular complexity index is 2180. The first-order valence-electron chi connectivity index (χ1n) is 16.3. The van der Waals surface area contributed by atoms with Crippen LogP contribution < -0.4 is 20.9 Å². The second-order valence-electron chi connectivity index (χ2n) is 12.6. The zero-order valence-electron chi connectivity index (χ0n) is 27.2. The van der Waals surface area contributed by atoms with E-state index in [9.17, 15) is 19.5 Å². The van der Waals surface area contributed by atoms with E-state index in [0.29, 0.717) is 72.1 Å². The summed E-state index contributed by atoms with van der Waals surface area (Å²) in [6.45, 7) is 2.45. The molecule has 3 N–H and O–H groups in total. The van der Waals surface area contributed by atoms with E-state index < -0.39 is 11.9 Å². The number of hydrogen-bond donors (Lipinski definition) is 3. The van der Waals surface area contributed by atoms with Crippen LogP contribution in [-0.2, 0) is 22.7 Å². The lowest BCUT2D eigenvalue weighted by Crippen LogP contribution is -2.49. The van der Waals surface area contributed by atoms with Crippen molar-refractivity contribution in [3.63, 3.8) is 0 Å². The van der Waals surface area contributed by atoms with Gasteiger partial charge in [-0.3, -0.25) is 23.7 Å². The fraction of sp³-hybridized carbons (Fsp3) is 0.270. The Morgan fingerprint density at radius 2 is 1.70 bits per heavy atom. The van der Waals surface area contributed by atoms with E-state index in [2.05, 4.69) is 10.6 Å². The van der Waals surface area contributed by atoms with Crippen LogP contribution in [0.2, 0.25) is 10.0 Å². The van der Waals surface area contributed by atoms with Gasteiger partial charge in [0.2, 0.25) is 11.8 Å². The molecule has 2 fully saturated rings. The quantitative estimate of drug-likeness (QED) is 0.167. The number of aliphatic carboxylic acids is 1. The van der Waals surface area contributed by atoms with E-state index in [1.165, 1.54) is 10.5 Å². The third kappa shape index (κ3) is 6.82. The molecule has 2 aromatic carbocycles. The molecule has 1 atom stereocenters. The maximum atomic E-state index is 12.9. The SMILES string of the molecule is COc1nc(-c2cccc(-c3cccc(-c4ccn5c(=O)cc(CN6CC(C(=O)O)C6)nc5c4)c3Cl)c2Cl)ccc1CNC[C@@H]1CCC(=O)N1. The summed E-state index contributed by atoms with van der Waals surface area (Å²) in [6.07, 6.45) is 3.06. The lowest BCUT2D eigenvalue weighted by molar-refractivity contribution is -0.147. The number of carboxylic acids is 1. The number of benzene rings is 2. The van der Waals surface area contributed by atoms with Gasteiger partial charge in [-0.1, -0.05) is 65.7 Å². The van der Waals surface area contributed by atoms with E-state index in [4.69, 9.17) is 37.9 Å². The van der Waals surface area contributed by atoms with Crippen LogP contribution in [0.3, 0.4) is 0 Å². The van der Waals surface area contributed by atoms with Gasteiger partial charge in [-0.2, -0.15) is 0 Å². The third-order valence-electron chi connectivity index (χ3n) is 9.21. The highest BCUT2D eigenvalue weighted by molar-refractivity contribution is 6.39. The predicted octanol–water partition coefficient (Wildman–Crippen LogP) is 5.29.